The molecule has 0 aromatic carbocycles. The molecule has 0 unspecified atom stereocenters. The van der Waals surface area contributed by atoms with Gasteiger partial charge in [0.15, 0.2) is 0 Å². The van der Waals surface area contributed by atoms with Crippen LogP contribution in [0.15, 0.2) is 29.4 Å². The molecule has 3 fully saturated rings. The van der Waals surface area contributed by atoms with Crippen LogP contribution in [0.3, 0.4) is 0 Å². The molecule has 11 nitrogen and oxygen atoms in total. The molecule has 2 aromatic rings. The summed E-state index contributed by atoms with van der Waals surface area (Å²) >= 11 is 0. The van der Waals surface area contributed by atoms with Gasteiger partial charge in [-0.2, -0.15) is 4.31 Å². The second-order valence-electron chi connectivity index (χ2n) is 8.76. The van der Waals surface area contributed by atoms with E-state index in [2.05, 4.69) is 15.3 Å². The van der Waals surface area contributed by atoms with Crippen LogP contribution >= 0.6 is 0 Å². The topological polar surface area (TPSA) is 136 Å². The van der Waals surface area contributed by atoms with Gasteiger partial charge in [0.25, 0.3) is 5.91 Å². The van der Waals surface area contributed by atoms with Gasteiger partial charge < -0.3 is 15.2 Å². The van der Waals surface area contributed by atoms with Gasteiger partial charge in [0.05, 0.1) is 0 Å². The normalized spacial score (nSPS) is 21.3. The number of rotatable bonds is 5. The molecule has 4 heterocycles. The third-order valence-electron chi connectivity index (χ3n) is 6.87. The SMILES string of the molecule is O=C(CCN1C(=O)NC2(CCCC2)C1=O)N1CCN(S(=O)(=O)c2c[nH]c3ncccc23)CC1. The summed E-state index contributed by atoms with van der Waals surface area (Å²) in [6, 6.07) is 2.96. The van der Waals surface area contributed by atoms with Gasteiger partial charge >= 0.3 is 6.03 Å². The number of H-pyrrole nitrogens is 1. The summed E-state index contributed by atoms with van der Waals surface area (Å²) in [7, 11) is -3.73. The van der Waals surface area contributed by atoms with Crippen LogP contribution in [0.4, 0.5) is 4.79 Å². The molecule has 4 amide bonds. The van der Waals surface area contributed by atoms with E-state index in [-0.39, 0.29) is 55.9 Å². The summed E-state index contributed by atoms with van der Waals surface area (Å²) in [6.07, 6.45) is 6.15. The van der Waals surface area contributed by atoms with Crippen molar-refractivity contribution in [3.05, 3.63) is 24.5 Å². The van der Waals surface area contributed by atoms with Gasteiger partial charge in [-0.3, -0.25) is 14.5 Å². The number of pyridine rings is 1. The molecule has 0 atom stereocenters. The molecule has 1 spiro atoms. The number of hydrogen-bond donors (Lipinski definition) is 2. The van der Waals surface area contributed by atoms with Crippen molar-refractivity contribution in [3.8, 4) is 0 Å². The lowest BCUT2D eigenvalue weighted by Crippen LogP contribution is -2.51. The number of sulfonamides is 1. The fourth-order valence-corrected chi connectivity index (χ4v) is 6.60. The molecule has 2 saturated heterocycles. The largest absolute Gasteiger partial charge is 0.345 e. The number of nitrogens with zero attached hydrogens (tertiary/aromatic N) is 4. The van der Waals surface area contributed by atoms with Crippen LogP contribution in [-0.4, -0.2) is 88.6 Å². The molecular formula is C21H26N6O5S. The van der Waals surface area contributed by atoms with Gasteiger partial charge in [0.2, 0.25) is 15.9 Å². The van der Waals surface area contributed by atoms with Crippen LogP contribution in [0.1, 0.15) is 32.1 Å². The minimum atomic E-state index is -3.73. The Morgan fingerprint density at radius 3 is 2.58 bits per heavy atom. The zero-order valence-corrected chi connectivity index (χ0v) is 18.9. The molecule has 2 aromatic heterocycles. The Morgan fingerprint density at radius 2 is 1.85 bits per heavy atom. The number of amides is 4. The number of carbonyl (C=O) groups is 3. The first-order chi connectivity index (χ1) is 15.8. The van der Waals surface area contributed by atoms with Gasteiger partial charge in [-0.15, -0.1) is 0 Å². The molecule has 3 aliphatic rings. The standard InChI is InChI=1S/C21H26N6O5S/c28-17(5-9-27-19(29)21(24-20(27)30)6-1-2-7-21)25-10-12-26(13-11-25)33(31,32)16-14-23-18-15(16)4-3-8-22-18/h3-4,8,14H,1-2,5-7,9-13H2,(H,22,23)(H,24,30). The third kappa shape index (κ3) is 3.66. The van der Waals surface area contributed by atoms with Crippen LogP contribution in [0.5, 0.6) is 0 Å². The molecule has 0 radical (unpaired) electrons. The van der Waals surface area contributed by atoms with Gasteiger partial charge in [0.1, 0.15) is 16.1 Å². The highest BCUT2D eigenvalue weighted by molar-refractivity contribution is 7.89. The quantitative estimate of drug-likeness (QED) is 0.611. The Morgan fingerprint density at radius 1 is 1.12 bits per heavy atom. The van der Waals surface area contributed by atoms with Crippen LogP contribution in [0, 0.1) is 0 Å². The van der Waals surface area contributed by atoms with Gasteiger partial charge in [-0.25, -0.2) is 18.2 Å². The fraction of sp³-hybridized carbons (Fsp3) is 0.524. The predicted molar refractivity (Wildman–Crippen MR) is 117 cm³/mol. The number of aromatic amines is 1. The van der Waals surface area contributed by atoms with E-state index in [4.69, 9.17) is 0 Å². The zero-order chi connectivity index (χ0) is 23.2. The summed E-state index contributed by atoms with van der Waals surface area (Å²) in [5.74, 6) is -0.432. The number of urea groups is 1. The number of carbonyl (C=O) groups excluding carboxylic acids is 3. The number of imide groups is 1. The second-order valence-corrected chi connectivity index (χ2v) is 10.7. The Hall–Kier alpha value is -2.99. The van der Waals surface area contributed by atoms with Crippen molar-refractivity contribution in [2.24, 2.45) is 0 Å². The van der Waals surface area contributed by atoms with E-state index in [0.717, 1.165) is 17.7 Å². The van der Waals surface area contributed by atoms with Crippen molar-refractivity contribution in [2.75, 3.05) is 32.7 Å². The van der Waals surface area contributed by atoms with Crippen molar-refractivity contribution in [2.45, 2.75) is 42.5 Å². The number of nitrogens with one attached hydrogen (secondary N) is 2. The monoisotopic (exact) mass is 474 g/mol. The average Bonchev–Trinajstić information content (AvgIpc) is 3.52. The molecule has 176 valence electrons. The maximum absolute atomic E-state index is 13.1. The Bertz CT molecular complexity index is 1210. The molecule has 0 bridgehead atoms. The predicted octanol–water partition coefficient (Wildman–Crippen LogP) is 0.651. The van der Waals surface area contributed by atoms with E-state index < -0.39 is 21.6 Å². The van der Waals surface area contributed by atoms with E-state index >= 15 is 0 Å². The molecule has 5 rings (SSSR count). The summed E-state index contributed by atoms with van der Waals surface area (Å²) in [5, 5.41) is 3.34. The van der Waals surface area contributed by atoms with Crippen LogP contribution in [-0.2, 0) is 19.6 Å². The minimum absolute atomic E-state index is 0.0239. The highest BCUT2D eigenvalue weighted by atomic mass is 32.2. The molecule has 2 N–H and O–H groups in total. The maximum atomic E-state index is 13.1. The number of hydrogen-bond acceptors (Lipinski definition) is 6. The maximum Gasteiger partial charge on any atom is 0.325 e. The minimum Gasteiger partial charge on any atom is -0.345 e. The highest BCUT2D eigenvalue weighted by Crippen LogP contribution is 2.35. The fourth-order valence-electron chi connectivity index (χ4n) is 5.02. The highest BCUT2D eigenvalue weighted by Gasteiger charge is 2.52. The van der Waals surface area contributed by atoms with Crippen LogP contribution < -0.4 is 5.32 Å². The summed E-state index contributed by atoms with van der Waals surface area (Å²) in [5.41, 5.74) is -0.275. The smallest absolute Gasteiger partial charge is 0.325 e. The van der Waals surface area contributed by atoms with Crippen LogP contribution in [0.2, 0.25) is 0 Å². The van der Waals surface area contributed by atoms with E-state index in [1.54, 1.807) is 23.2 Å². The molecule has 1 saturated carbocycles. The van der Waals surface area contributed by atoms with Gasteiger partial charge in [-0.05, 0) is 25.0 Å². The average molecular weight is 475 g/mol. The molecule has 1 aliphatic carbocycles. The molecule has 12 heteroatoms. The first kappa shape index (κ1) is 21.8. The van der Waals surface area contributed by atoms with Crippen molar-refractivity contribution >= 4 is 38.9 Å². The van der Waals surface area contributed by atoms with E-state index in [1.807, 2.05) is 0 Å². The number of piperazine rings is 1. The summed E-state index contributed by atoms with van der Waals surface area (Å²) in [6.45, 7) is 0.887. The summed E-state index contributed by atoms with van der Waals surface area (Å²) < 4.78 is 27.6. The van der Waals surface area contributed by atoms with E-state index in [1.165, 1.54) is 10.5 Å². The Labute approximate surface area is 191 Å². The first-order valence-electron chi connectivity index (χ1n) is 11.2. The molecule has 33 heavy (non-hydrogen) atoms. The lowest BCUT2D eigenvalue weighted by atomic mass is 9.98. The van der Waals surface area contributed by atoms with Crippen molar-refractivity contribution in [3.63, 3.8) is 0 Å². The molecule has 2 aliphatic heterocycles. The first-order valence-corrected chi connectivity index (χ1v) is 12.6. The number of fused-ring (bicyclic) bond motifs is 1. The van der Waals surface area contributed by atoms with Crippen molar-refractivity contribution in [1.29, 1.82) is 0 Å². The van der Waals surface area contributed by atoms with E-state index in [9.17, 15) is 22.8 Å². The lowest BCUT2D eigenvalue weighted by molar-refractivity contribution is -0.134. The van der Waals surface area contributed by atoms with Gasteiger partial charge in [-0.1, -0.05) is 12.8 Å². The van der Waals surface area contributed by atoms with Gasteiger partial charge in [0, 0.05) is 56.9 Å². The van der Waals surface area contributed by atoms with E-state index in [0.29, 0.717) is 23.9 Å². The summed E-state index contributed by atoms with van der Waals surface area (Å²) in [4.78, 5) is 47.6. The zero-order valence-electron chi connectivity index (χ0n) is 18.1. The van der Waals surface area contributed by atoms with Crippen molar-refractivity contribution in [1.82, 2.24) is 29.4 Å². The van der Waals surface area contributed by atoms with Crippen molar-refractivity contribution < 1.29 is 22.8 Å². The second kappa shape index (κ2) is 8.10. The number of aromatic nitrogens is 2. The van der Waals surface area contributed by atoms with Crippen LogP contribution in [0.25, 0.3) is 11.0 Å². The third-order valence-corrected chi connectivity index (χ3v) is 8.81. The Kier molecular flexibility index (Phi) is 5.36. The lowest BCUT2D eigenvalue weighted by Gasteiger charge is -2.34. The Balaban J connectivity index is 1.18. The molecular weight excluding hydrogens is 448 g/mol.